The second kappa shape index (κ2) is 8.68. The summed E-state index contributed by atoms with van der Waals surface area (Å²) in [4.78, 5) is 21.9. The normalized spacial score (nSPS) is 16.0. The molecule has 32 heavy (non-hydrogen) atoms. The number of halogens is 1. The Morgan fingerprint density at radius 2 is 1.84 bits per heavy atom. The van der Waals surface area contributed by atoms with E-state index in [1.807, 2.05) is 24.3 Å². The van der Waals surface area contributed by atoms with Gasteiger partial charge in [-0.25, -0.2) is 4.98 Å². The predicted octanol–water partition coefficient (Wildman–Crippen LogP) is 6.11. The van der Waals surface area contributed by atoms with E-state index in [1.165, 1.54) is 11.1 Å². The van der Waals surface area contributed by atoms with Crippen LogP contribution in [-0.2, 0) is 12.2 Å². The second-order valence-electron chi connectivity index (χ2n) is 8.49. The van der Waals surface area contributed by atoms with Crippen LogP contribution in [0, 0.1) is 0 Å². The van der Waals surface area contributed by atoms with E-state index in [0.29, 0.717) is 28.8 Å². The topological polar surface area (TPSA) is 60.2 Å². The molecule has 2 heterocycles. The van der Waals surface area contributed by atoms with Crippen LogP contribution < -0.4 is 0 Å². The van der Waals surface area contributed by atoms with E-state index in [-0.39, 0.29) is 11.7 Å². The van der Waals surface area contributed by atoms with Crippen molar-refractivity contribution in [3.8, 4) is 0 Å². The number of carbonyl (C=O) groups excluding carboxylic acids is 1. The third-order valence-electron chi connectivity index (χ3n) is 5.97. The molecule has 5 nitrogen and oxygen atoms in total. The molecule has 1 unspecified atom stereocenters. The number of hydrogen-bond donors (Lipinski definition) is 0. The van der Waals surface area contributed by atoms with E-state index < -0.39 is 0 Å². The Hall–Kier alpha value is -2.70. The molecular formula is C25H23ClN4OS. The lowest BCUT2D eigenvalue weighted by molar-refractivity contribution is 0.0962. The van der Waals surface area contributed by atoms with E-state index in [0.717, 1.165) is 28.5 Å². The molecule has 1 aliphatic carbocycles. The highest BCUT2D eigenvalue weighted by Gasteiger charge is 2.29. The molecule has 0 bridgehead atoms. The van der Waals surface area contributed by atoms with Gasteiger partial charge in [-0.1, -0.05) is 73.6 Å². The second-order valence-corrected chi connectivity index (χ2v) is 9.87. The van der Waals surface area contributed by atoms with Gasteiger partial charge in [-0.2, -0.15) is 9.50 Å². The summed E-state index contributed by atoms with van der Waals surface area (Å²) in [5.41, 5.74) is 5.20. The number of aromatic nitrogens is 4. The average Bonchev–Trinajstić information content (AvgIpc) is 3.22. The fourth-order valence-corrected chi connectivity index (χ4v) is 5.01. The number of thioether (sulfide) groups is 1. The number of fused-ring (bicyclic) bond motifs is 3. The van der Waals surface area contributed by atoms with Gasteiger partial charge in [-0.15, -0.1) is 5.10 Å². The molecule has 162 valence electrons. The SMILES string of the molecule is CC(C)c1ccc(C2CC(=O)c3cnc4nc(SCc5ccc(Cl)cc5)nn4c3C2)cc1. The summed E-state index contributed by atoms with van der Waals surface area (Å²) < 4.78 is 1.76. The maximum Gasteiger partial charge on any atom is 0.253 e. The molecule has 0 fully saturated rings. The van der Waals surface area contributed by atoms with Gasteiger partial charge in [-0.05, 0) is 47.1 Å². The van der Waals surface area contributed by atoms with Crippen LogP contribution in [0.1, 0.15) is 64.8 Å². The average molecular weight is 463 g/mol. The Morgan fingerprint density at radius 1 is 1.09 bits per heavy atom. The minimum absolute atomic E-state index is 0.115. The highest BCUT2D eigenvalue weighted by Crippen LogP contribution is 2.33. The smallest absolute Gasteiger partial charge is 0.253 e. The zero-order valence-electron chi connectivity index (χ0n) is 18.0. The molecule has 0 saturated carbocycles. The largest absolute Gasteiger partial charge is 0.294 e. The third kappa shape index (κ3) is 4.17. The summed E-state index contributed by atoms with van der Waals surface area (Å²) in [6, 6.07) is 16.4. The van der Waals surface area contributed by atoms with Gasteiger partial charge in [0.25, 0.3) is 5.78 Å². The Labute approximate surface area is 196 Å². The van der Waals surface area contributed by atoms with Crippen molar-refractivity contribution in [3.05, 3.63) is 87.7 Å². The van der Waals surface area contributed by atoms with E-state index in [1.54, 1.807) is 22.5 Å². The number of benzene rings is 2. The van der Waals surface area contributed by atoms with E-state index >= 15 is 0 Å². The van der Waals surface area contributed by atoms with E-state index in [2.05, 4.69) is 53.2 Å². The van der Waals surface area contributed by atoms with Crippen molar-refractivity contribution in [1.82, 2.24) is 19.6 Å². The number of carbonyl (C=O) groups is 1. The van der Waals surface area contributed by atoms with Crippen molar-refractivity contribution in [2.75, 3.05) is 0 Å². The first kappa shape index (κ1) is 21.2. The number of hydrogen-bond acceptors (Lipinski definition) is 5. The van der Waals surface area contributed by atoms with Crippen molar-refractivity contribution in [1.29, 1.82) is 0 Å². The zero-order chi connectivity index (χ0) is 22.2. The van der Waals surface area contributed by atoms with Crippen LogP contribution in [0.25, 0.3) is 5.78 Å². The minimum atomic E-state index is 0.115. The Bertz CT molecular complexity index is 1280. The van der Waals surface area contributed by atoms with Gasteiger partial charge in [-0.3, -0.25) is 4.79 Å². The fourth-order valence-electron chi connectivity index (χ4n) is 4.11. The summed E-state index contributed by atoms with van der Waals surface area (Å²) in [5.74, 6) is 2.01. The van der Waals surface area contributed by atoms with Crippen LogP contribution in [0.15, 0.2) is 59.9 Å². The molecule has 0 aliphatic heterocycles. The van der Waals surface area contributed by atoms with Crippen molar-refractivity contribution < 1.29 is 4.79 Å². The first-order valence-corrected chi connectivity index (χ1v) is 12.1. The van der Waals surface area contributed by atoms with Crippen LogP contribution in [0.3, 0.4) is 0 Å². The monoisotopic (exact) mass is 462 g/mol. The summed E-state index contributed by atoms with van der Waals surface area (Å²) in [6.07, 6.45) is 2.90. The van der Waals surface area contributed by atoms with Gasteiger partial charge in [0, 0.05) is 23.4 Å². The molecule has 2 aromatic heterocycles. The summed E-state index contributed by atoms with van der Waals surface area (Å²) >= 11 is 7.52. The lowest BCUT2D eigenvalue weighted by Crippen LogP contribution is -2.22. The standard InChI is InChI=1S/C25H23ClN4OS/c1-15(2)17-5-7-18(8-6-17)19-11-22-21(23(31)12-19)13-27-24-28-25(29-30(22)24)32-14-16-3-9-20(26)10-4-16/h3-10,13,15,19H,11-12,14H2,1-2H3. The van der Waals surface area contributed by atoms with Crippen molar-refractivity contribution in [2.45, 2.75) is 49.4 Å². The van der Waals surface area contributed by atoms with Gasteiger partial charge in [0.1, 0.15) is 0 Å². The van der Waals surface area contributed by atoms with E-state index in [4.69, 9.17) is 11.6 Å². The molecule has 1 aliphatic rings. The highest BCUT2D eigenvalue weighted by atomic mass is 35.5. The molecule has 2 aromatic carbocycles. The fraction of sp³-hybridized carbons (Fsp3) is 0.280. The van der Waals surface area contributed by atoms with Crippen LogP contribution in [0.5, 0.6) is 0 Å². The number of Topliss-reactive ketones (excluding diaryl/α,β-unsaturated/α-hetero) is 1. The number of rotatable bonds is 5. The lowest BCUT2D eigenvalue weighted by Gasteiger charge is -2.24. The Balaban J connectivity index is 1.42. The molecule has 5 rings (SSSR count). The maximum absolute atomic E-state index is 12.9. The quantitative estimate of drug-likeness (QED) is 0.335. The van der Waals surface area contributed by atoms with Crippen LogP contribution >= 0.6 is 23.4 Å². The van der Waals surface area contributed by atoms with Gasteiger partial charge in [0.15, 0.2) is 5.78 Å². The summed E-state index contributed by atoms with van der Waals surface area (Å²) in [5, 5.41) is 6.06. The molecule has 0 spiro atoms. The van der Waals surface area contributed by atoms with Gasteiger partial charge in [0.05, 0.1) is 11.3 Å². The van der Waals surface area contributed by atoms with Crippen LogP contribution in [0.2, 0.25) is 5.02 Å². The molecule has 0 amide bonds. The molecule has 1 atom stereocenters. The lowest BCUT2D eigenvalue weighted by atomic mass is 9.81. The Kier molecular flexibility index (Phi) is 5.74. The van der Waals surface area contributed by atoms with Crippen LogP contribution in [0.4, 0.5) is 0 Å². The van der Waals surface area contributed by atoms with Gasteiger partial charge < -0.3 is 0 Å². The first-order chi connectivity index (χ1) is 15.5. The van der Waals surface area contributed by atoms with Gasteiger partial charge >= 0.3 is 0 Å². The Morgan fingerprint density at radius 3 is 2.56 bits per heavy atom. The molecule has 4 aromatic rings. The molecule has 0 N–H and O–H groups in total. The summed E-state index contributed by atoms with van der Waals surface area (Å²) in [6.45, 7) is 4.37. The molecule has 7 heteroatoms. The highest BCUT2D eigenvalue weighted by molar-refractivity contribution is 7.98. The number of nitrogens with zero attached hydrogens (tertiary/aromatic N) is 4. The van der Waals surface area contributed by atoms with E-state index in [9.17, 15) is 4.79 Å². The molecular weight excluding hydrogens is 440 g/mol. The predicted molar refractivity (Wildman–Crippen MR) is 128 cm³/mol. The number of ketones is 1. The molecule has 0 radical (unpaired) electrons. The van der Waals surface area contributed by atoms with Crippen molar-refractivity contribution in [3.63, 3.8) is 0 Å². The minimum Gasteiger partial charge on any atom is -0.294 e. The first-order valence-electron chi connectivity index (χ1n) is 10.7. The zero-order valence-corrected chi connectivity index (χ0v) is 19.5. The maximum atomic E-state index is 12.9. The van der Waals surface area contributed by atoms with Gasteiger partial charge in [0.2, 0.25) is 5.16 Å². The van der Waals surface area contributed by atoms with Crippen molar-refractivity contribution in [2.24, 2.45) is 0 Å². The molecule has 0 saturated heterocycles. The van der Waals surface area contributed by atoms with Crippen molar-refractivity contribution >= 4 is 34.9 Å². The third-order valence-corrected chi connectivity index (χ3v) is 7.13. The van der Waals surface area contributed by atoms with Crippen LogP contribution in [-0.4, -0.2) is 25.4 Å². The summed E-state index contributed by atoms with van der Waals surface area (Å²) in [7, 11) is 0.